The average Bonchev–Trinajstić information content (AvgIpc) is 0.908. The van der Waals surface area contributed by atoms with E-state index in [0.717, 1.165) is 45.3 Å². The molecule has 0 bridgehead atoms. The van der Waals surface area contributed by atoms with Crippen molar-refractivity contribution in [3.05, 3.63) is 179 Å². The summed E-state index contributed by atoms with van der Waals surface area (Å²) in [6, 6.07) is 31.5. The van der Waals surface area contributed by atoms with Crippen molar-refractivity contribution in [3.8, 4) is 34.5 Å². The van der Waals surface area contributed by atoms with Gasteiger partial charge in [0.2, 0.25) is 10.3 Å². The summed E-state index contributed by atoms with van der Waals surface area (Å²) in [5, 5.41) is -0.655. The summed E-state index contributed by atoms with van der Waals surface area (Å²) in [4.78, 5) is 12.9. The van der Waals surface area contributed by atoms with E-state index in [4.69, 9.17) is 28.4 Å². The van der Waals surface area contributed by atoms with Gasteiger partial charge in [-0.1, -0.05) is 36.4 Å². The molecule has 2 aromatic heterocycles. The molecule has 4 aliphatic heterocycles. The maximum atomic E-state index is 14.3. The molecular formula is C64H70F2N8O14S6. The van der Waals surface area contributed by atoms with Crippen molar-refractivity contribution in [1.82, 2.24) is 28.5 Å². The van der Waals surface area contributed by atoms with Crippen molar-refractivity contribution in [1.29, 1.82) is 0 Å². The number of halogens is 2. The van der Waals surface area contributed by atoms with Gasteiger partial charge in [-0.2, -0.15) is 8.75 Å². The summed E-state index contributed by atoms with van der Waals surface area (Å²) in [6.45, 7) is 1.54. The van der Waals surface area contributed by atoms with Crippen molar-refractivity contribution < 1.29 is 70.9 Å². The topological polar surface area (TPSA) is 256 Å². The minimum atomic E-state index is -4.16. The van der Waals surface area contributed by atoms with Crippen LogP contribution in [0.3, 0.4) is 0 Å². The minimum Gasteiger partial charge on any atom is -0.497 e. The lowest BCUT2D eigenvalue weighted by atomic mass is 9.89. The van der Waals surface area contributed by atoms with Gasteiger partial charge in [-0.05, 0) is 97.5 Å². The number of hydrogen-bond donors (Lipinski definition) is 0. The lowest BCUT2D eigenvalue weighted by Crippen LogP contribution is -2.44. The number of piperidine rings is 2. The first kappa shape index (κ1) is 67.8. The molecule has 12 rings (SSSR count). The van der Waals surface area contributed by atoms with Crippen LogP contribution in [-0.2, 0) is 52.8 Å². The maximum Gasteiger partial charge on any atom is 0.266 e. The number of methoxy groups -OCH3 is 4. The van der Waals surface area contributed by atoms with Gasteiger partial charge in [0, 0.05) is 132 Å². The van der Waals surface area contributed by atoms with E-state index >= 15 is 0 Å². The predicted molar refractivity (Wildman–Crippen MR) is 352 cm³/mol. The van der Waals surface area contributed by atoms with Crippen LogP contribution in [0, 0.1) is 11.6 Å². The molecule has 500 valence electrons. The standard InChI is InChI=1S/2C32H35FN4O7S3/c2*1-42-24-9-6-22(30(16-24)43-2)19-37(32-34-20-35-45-32)47(40,41)26-10-11-27-28(13-15-44-31(27)18-26)36-14-12-25(46(3,38)39)17-29(36)21-4-7-23(33)8-5-21/h2*4-11,16,18,20,25,28-29H,12-15,17,19H2,1-3H3/t25-,28+,29+;25-,28-,29+/m11/s1. The molecule has 4 aliphatic rings. The highest BCUT2D eigenvalue weighted by molar-refractivity contribution is 7.93. The van der Waals surface area contributed by atoms with Crippen LogP contribution in [0.5, 0.6) is 34.5 Å². The summed E-state index contributed by atoms with van der Waals surface area (Å²) in [5.74, 6) is 2.19. The first-order valence-corrected chi connectivity index (χ1v) is 38.3. The number of rotatable bonds is 20. The quantitative estimate of drug-likeness (QED) is 0.0687. The van der Waals surface area contributed by atoms with E-state index in [1.165, 1.54) is 98.6 Å². The van der Waals surface area contributed by atoms with Crippen molar-refractivity contribution >= 4 is 73.0 Å². The smallest absolute Gasteiger partial charge is 0.266 e. The Kier molecular flexibility index (Phi) is 20.5. The Labute approximate surface area is 554 Å². The summed E-state index contributed by atoms with van der Waals surface area (Å²) >= 11 is 1.92. The summed E-state index contributed by atoms with van der Waals surface area (Å²) < 4.78 is 179. The molecule has 6 heterocycles. The second-order valence-corrected chi connectivity index (χ2v) is 33.0. The maximum absolute atomic E-state index is 14.3. The van der Waals surface area contributed by atoms with Gasteiger partial charge in [-0.3, -0.25) is 9.80 Å². The molecule has 8 aromatic rings. The molecule has 0 N–H and O–H groups in total. The van der Waals surface area contributed by atoms with Crippen molar-refractivity contribution in [3.63, 3.8) is 0 Å². The number of fused-ring (bicyclic) bond motifs is 2. The van der Waals surface area contributed by atoms with Crippen molar-refractivity contribution in [2.24, 2.45) is 0 Å². The van der Waals surface area contributed by atoms with Crippen LogP contribution in [0.4, 0.5) is 19.0 Å². The number of sulfone groups is 2. The Morgan fingerprint density at radius 1 is 0.500 bits per heavy atom. The molecule has 0 amide bonds. The first-order chi connectivity index (χ1) is 45.0. The molecule has 2 fully saturated rings. The van der Waals surface area contributed by atoms with Gasteiger partial charge in [0.25, 0.3) is 20.0 Å². The highest BCUT2D eigenvalue weighted by atomic mass is 32.2. The Hall–Kier alpha value is -7.58. The summed E-state index contributed by atoms with van der Waals surface area (Å²) in [6.07, 6.45) is 8.03. The van der Waals surface area contributed by atoms with Gasteiger partial charge in [0.15, 0.2) is 0 Å². The molecule has 6 aromatic carbocycles. The predicted octanol–water partition coefficient (Wildman–Crippen LogP) is 10.3. The number of likely N-dealkylation sites (tertiary alicyclic amines) is 2. The Bertz CT molecular complexity index is 4170. The second kappa shape index (κ2) is 28.4. The van der Waals surface area contributed by atoms with Crippen LogP contribution in [0.2, 0.25) is 0 Å². The molecule has 0 spiro atoms. The van der Waals surface area contributed by atoms with Crippen LogP contribution < -0.4 is 37.0 Å². The molecule has 0 saturated carbocycles. The van der Waals surface area contributed by atoms with Crippen LogP contribution in [-0.4, -0.2) is 140 Å². The fraction of sp³-hybridized carbons (Fsp3) is 0.375. The number of aromatic nitrogens is 4. The van der Waals surface area contributed by atoms with Crippen LogP contribution >= 0.6 is 23.1 Å². The molecule has 22 nitrogen and oxygen atoms in total. The highest BCUT2D eigenvalue weighted by Crippen LogP contribution is 2.48. The minimum absolute atomic E-state index is 0.0189. The third-order valence-electron chi connectivity index (χ3n) is 17.6. The van der Waals surface area contributed by atoms with E-state index in [9.17, 15) is 42.5 Å². The van der Waals surface area contributed by atoms with E-state index in [1.807, 2.05) is 0 Å². The van der Waals surface area contributed by atoms with Gasteiger partial charge < -0.3 is 28.4 Å². The lowest BCUT2D eigenvalue weighted by Gasteiger charge is -2.45. The monoisotopic (exact) mass is 1400 g/mol. The molecular weight excluding hydrogens is 1340 g/mol. The normalized spacial score (nSPS) is 20.2. The fourth-order valence-corrected chi connectivity index (χ4v) is 19.2. The molecule has 0 radical (unpaired) electrons. The Balaban J connectivity index is 0.000000192. The molecule has 0 unspecified atom stereocenters. The zero-order chi connectivity index (χ0) is 66.7. The molecule has 0 aliphatic carbocycles. The number of nitrogens with zero attached hydrogens (tertiary/aromatic N) is 8. The number of sulfonamides is 2. The van der Waals surface area contributed by atoms with Gasteiger partial charge in [-0.15, -0.1) is 0 Å². The van der Waals surface area contributed by atoms with Gasteiger partial charge in [0.05, 0.1) is 75.0 Å². The Morgan fingerprint density at radius 2 is 0.894 bits per heavy atom. The molecule has 30 heteroatoms. The molecule has 94 heavy (non-hydrogen) atoms. The number of anilines is 2. The van der Waals surface area contributed by atoms with Gasteiger partial charge >= 0.3 is 0 Å². The van der Waals surface area contributed by atoms with E-state index < -0.39 is 50.2 Å². The zero-order valence-electron chi connectivity index (χ0n) is 52.1. The van der Waals surface area contributed by atoms with Crippen molar-refractivity contribution in [2.75, 3.05) is 75.9 Å². The molecule has 2 saturated heterocycles. The van der Waals surface area contributed by atoms with E-state index in [-0.39, 0.29) is 68.9 Å². The van der Waals surface area contributed by atoms with E-state index in [0.29, 0.717) is 110 Å². The zero-order valence-corrected chi connectivity index (χ0v) is 57.0. The van der Waals surface area contributed by atoms with Gasteiger partial charge in [0.1, 0.15) is 78.5 Å². The SMILES string of the molecule is COc1ccc(CN(c2ncns2)S(=O)(=O)c2ccc3c(c2)OCC[C@@H]3N2CC[C@@H](S(C)(=O)=O)C[C@H]2c2ccc(F)cc2)c(OC)c1.COc1ccc(CN(c2ncns2)S(=O)(=O)c2ccc3c(c2)OCC[C@H]3N2CC[C@@H](S(C)(=O)=O)C[C@H]2c2ccc(F)cc2)c(OC)c1. The lowest BCUT2D eigenvalue weighted by molar-refractivity contribution is 0.0680. The van der Waals surface area contributed by atoms with E-state index in [1.54, 1.807) is 84.9 Å². The van der Waals surface area contributed by atoms with Crippen LogP contribution in [0.15, 0.2) is 144 Å². The Morgan fingerprint density at radius 3 is 1.23 bits per heavy atom. The molecule has 6 atom stereocenters. The fourth-order valence-electron chi connectivity index (χ4n) is 12.8. The van der Waals surface area contributed by atoms with Crippen LogP contribution in [0.1, 0.15) is 96.1 Å². The summed E-state index contributed by atoms with van der Waals surface area (Å²) in [7, 11) is -8.82. The number of ether oxygens (including phenoxy) is 6. The third kappa shape index (κ3) is 14.6. The number of benzene rings is 6. The highest BCUT2D eigenvalue weighted by Gasteiger charge is 2.43. The van der Waals surface area contributed by atoms with Gasteiger partial charge in [-0.25, -0.2) is 61.0 Å². The number of hydrogen-bond acceptors (Lipinski definition) is 22. The first-order valence-electron chi connectivity index (χ1n) is 29.9. The second-order valence-electron chi connectivity index (χ2n) is 23.1. The largest absolute Gasteiger partial charge is 0.497 e. The third-order valence-corrected chi connectivity index (χ3v) is 26.0. The van der Waals surface area contributed by atoms with E-state index in [2.05, 4.69) is 28.5 Å². The van der Waals surface area contributed by atoms with Crippen molar-refractivity contribution in [2.45, 2.75) is 96.1 Å². The van der Waals surface area contributed by atoms with Crippen LogP contribution in [0.25, 0.3) is 0 Å². The average molecular weight is 1410 g/mol. The summed E-state index contributed by atoms with van der Waals surface area (Å²) in [5.41, 5.74) is 4.47.